The Morgan fingerprint density at radius 3 is 3.00 bits per heavy atom. The van der Waals surface area contributed by atoms with Crippen molar-refractivity contribution in [2.45, 2.75) is 31.7 Å². The molecule has 1 aromatic rings. The number of hydrogen-bond donors (Lipinski definition) is 2. The smallest absolute Gasteiger partial charge is 0.229 e. The molecule has 1 aliphatic carbocycles. The third kappa shape index (κ3) is 1.97. The molecule has 0 radical (unpaired) electrons. The number of aromatic nitrogens is 1. The predicted molar refractivity (Wildman–Crippen MR) is 67.2 cm³/mol. The van der Waals surface area contributed by atoms with Crippen LogP contribution in [0.3, 0.4) is 0 Å². The van der Waals surface area contributed by atoms with E-state index in [4.69, 9.17) is 11.6 Å². The molecule has 1 saturated carbocycles. The first-order valence-corrected chi connectivity index (χ1v) is 6.35. The van der Waals surface area contributed by atoms with E-state index in [2.05, 4.69) is 15.6 Å². The minimum atomic E-state index is 0.0647. The van der Waals surface area contributed by atoms with Crippen LogP contribution in [0.15, 0.2) is 12.3 Å². The molecule has 5 heteroatoms. The Labute approximate surface area is 105 Å². The zero-order valence-electron chi connectivity index (χ0n) is 9.37. The van der Waals surface area contributed by atoms with Gasteiger partial charge in [0, 0.05) is 12.1 Å². The van der Waals surface area contributed by atoms with Crippen LogP contribution >= 0.6 is 11.6 Å². The molecular weight excluding hydrogens is 238 g/mol. The lowest BCUT2D eigenvalue weighted by Crippen LogP contribution is -2.37. The Balaban J connectivity index is 1.98. The molecule has 2 N–H and O–H groups in total. The first kappa shape index (κ1) is 10.8. The van der Waals surface area contributed by atoms with Crippen molar-refractivity contribution in [1.29, 1.82) is 0 Å². The normalized spacial score (nSPS) is 27.2. The Bertz CT molecular complexity index is 463. The van der Waals surface area contributed by atoms with E-state index in [0.717, 1.165) is 30.6 Å². The van der Waals surface area contributed by atoms with Gasteiger partial charge >= 0.3 is 0 Å². The lowest BCUT2D eigenvalue weighted by atomic mass is 9.84. The number of rotatable bonds is 0. The standard InChI is InChI=1S/C12H14ClN3O/c13-11-5-9-10(6-14-11)16-12(17)7-3-1-2-4-8(7)15-9/h5-8,15H,1-4H2,(H,16,17). The fraction of sp³-hybridized carbons (Fsp3) is 0.500. The summed E-state index contributed by atoms with van der Waals surface area (Å²) < 4.78 is 0. The summed E-state index contributed by atoms with van der Waals surface area (Å²) in [5, 5.41) is 6.80. The molecule has 1 amide bonds. The van der Waals surface area contributed by atoms with Gasteiger partial charge in [-0.05, 0) is 12.8 Å². The SMILES string of the molecule is O=C1Nc2cnc(Cl)cc2NC2CCCCC12. The molecule has 0 bridgehead atoms. The molecule has 0 spiro atoms. The molecule has 1 aliphatic heterocycles. The van der Waals surface area contributed by atoms with Crippen LogP contribution in [0.25, 0.3) is 0 Å². The lowest BCUT2D eigenvalue weighted by molar-refractivity contribution is -0.120. The van der Waals surface area contributed by atoms with E-state index in [1.54, 1.807) is 12.3 Å². The summed E-state index contributed by atoms with van der Waals surface area (Å²) in [4.78, 5) is 16.1. The Morgan fingerprint density at radius 1 is 1.29 bits per heavy atom. The maximum atomic E-state index is 12.1. The monoisotopic (exact) mass is 251 g/mol. The Kier molecular flexibility index (Phi) is 2.67. The molecule has 0 aromatic carbocycles. The summed E-state index contributed by atoms with van der Waals surface area (Å²) >= 11 is 5.88. The van der Waals surface area contributed by atoms with Crippen LogP contribution in [0.2, 0.25) is 5.15 Å². The third-order valence-corrected chi connectivity index (χ3v) is 3.78. The number of carbonyl (C=O) groups is 1. The quantitative estimate of drug-likeness (QED) is 0.697. The predicted octanol–water partition coefficient (Wildman–Crippen LogP) is 2.66. The molecule has 2 heterocycles. The van der Waals surface area contributed by atoms with Crippen LogP contribution in [0.5, 0.6) is 0 Å². The topological polar surface area (TPSA) is 54.0 Å². The van der Waals surface area contributed by atoms with Gasteiger partial charge in [-0.1, -0.05) is 24.4 Å². The van der Waals surface area contributed by atoms with Crippen LogP contribution in [-0.4, -0.2) is 16.9 Å². The maximum absolute atomic E-state index is 12.1. The minimum absolute atomic E-state index is 0.0647. The van der Waals surface area contributed by atoms with Gasteiger partial charge in [-0.3, -0.25) is 4.79 Å². The first-order valence-electron chi connectivity index (χ1n) is 5.97. The van der Waals surface area contributed by atoms with E-state index in [9.17, 15) is 4.79 Å². The van der Waals surface area contributed by atoms with Gasteiger partial charge in [0.25, 0.3) is 0 Å². The summed E-state index contributed by atoms with van der Waals surface area (Å²) in [7, 11) is 0. The minimum Gasteiger partial charge on any atom is -0.380 e. The fourth-order valence-corrected chi connectivity index (χ4v) is 2.85. The Morgan fingerprint density at radius 2 is 2.12 bits per heavy atom. The highest BCUT2D eigenvalue weighted by Gasteiger charge is 2.34. The average molecular weight is 252 g/mol. The number of anilines is 2. The van der Waals surface area contributed by atoms with E-state index >= 15 is 0 Å². The lowest BCUT2D eigenvalue weighted by Gasteiger charge is -2.29. The van der Waals surface area contributed by atoms with Crippen LogP contribution in [0.4, 0.5) is 11.4 Å². The summed E-state index contributed by atoms with van der Waals surface area (Å²) in [6.45, 7) is 0. The molecule has 4 nitrogen and oxygen atoms in total. The van der Waals surface area contributed by atoms with Crippen LogP contribution in [0, 0.1) is 5.92 Å². The van der Waals surface area contributed by atoms with Gasteiger partial charge in [0.15, 0.2) is 0 Å². The molecule has 17 heavy (non-hydrogen) atoms. The zero-order chi connectivity index (χ0) is 11.8. The number of fused-ring (bicyclic) bond motifs is 2. The molecule has 1 aromatic heterocycles. The molecule has 3 rings (SSSR count). The van der Waals surface area contributed by atoms with Crippen LogP contribution < -0.4 is 10.6 Å². The third-order valence-electron chi connectivity index (χ3n) is 3.57. The van der Waals surface area contributed by atoms with Gasteiger partial charge in [-0.2, -0.15) is 0 Å². The van der Waals surface area contributed by atoms with E-state index in [-0.39, 0.29) is 17.9 Å². The van der Waals surface area contributed by atoms with E-state index in [1.165, 1.54) is 6.42 Å². The zero-order valence-corrected chi connectivity index (χ0v) is 10.1. The number of halogens is 1. The van der Waals surface area contributed by atoms with Gasteiger partial charge in [0.1, 0.15) is 5.15 Å². The van der Waals surface area contributed by atoms with Crippen molar-refractivity contribution >= 4 is 28.9 Å². The Hall–Kier alpha value is -1.29. The number of hydrogen-bond acceptors (Lipinski definition) is 3. The van der Waals surface area contributed by atoms with Crippen molar-refractivity contribution in [3.63, 3.8) is 0 Å². The van der Waals surface area contributed by atoms with Crippen molar-refractivity contribution in [3.8, 4) is 0 Å². The fourth-order valence-electron chi connectivity index (χ4n) is 2.69. The average Bonchev–Trinajstić information content (AvgIpc) is 2.46. The number of nitrogens with one attached hydrogen (secondary N) is 2. The molecule has 2 atom stereocenters. The highest BCUT2D eigenvalue weighted by molar-refractivity contribution is 6.29. The largest absolute Gasteiger partial charge is 0.380 e. The van der Waals surface area contributed by atoms with E-state index in [0.29, 0.717) is 5.15 Å². The van der Waals surface area contributed by atoms with Crippen molar-refractivity contribution in [2.24, 2.45) is 5.92 Å². The second-order valence-corrected chi connectivity index (χ2v) is 5.07. The molecule has 1 fully saturated rings. The van der Waals surface area contributed by atoms with Gasteiger partial charge in [-0.25, -0.2) is 4.98 Å². The second kappa shape index (κ2) is 4.18. The molecule has 90 valence electrons. The first-order chi connectivity index (χ1) is 8.24. The van der Waals surface area contributed by atoms with Gasteiger partial charge in [0.05, 0.1) is 23.5 Å². The van der Waals surface area contributed by atoms with Gasteiger partial charge in [0.2, 0.25) is 5.91 Å². The highest BCUT2D eigenvalue weighted by atomic mass is 35.5. The van der Waals surface area contributed by atoms with Crippen molar-refractivity contribution in [3.05, 3.63) is 17.4 Å². The molecule has 0 saturated heterocycles. The molecule has 2 unspecified atom stereocenters. The molecule has 2 aliphatic rings. The number of carbonyl (C=O) groups excluding carboxylic acids is 1. The van der Waals surface area contributed by atoms with E-state index in [1.807, 2.05) is 0 Å². The number of amides is 1. The van der Waals surface area contributed by atoms with Crippen molar-refractivity contribution in [1.82, 2.24) is 4.98 Å². The van der Waals surface area contributed by atoms with Gasteiger partial charge < -0.3 is 10.6 Å². The second-order valence-electron chi connectivity index (χ2n) is 4.68. The van der Waals surface area contributed by atoms with E-state index < -0.39 is 0 Å². The summed E-state index contributed by atoms with van der Waals surface area (Å²) in [5.41, 5.74) is 1.61. The maximum Gasteiger partial charge on any atom is 0.229 e. The van der Waals surface area contributed by atoms with Crippen LogP contribution in [0.1, 0.15) is 25.7 Å². The summed E-state index contributed by atoms with van der Waals surface area (Å²) in [6, 6.07) is 2.00. The number of nitrogens with zero attached hydrogens (tertiary/aromatic N) is 1. The summed E-state index contributed by atoms with van der Waals surface area (Å²) in [6.07, 6.45) is 5.91. The highest BCUT2D eigenvalue weighted by Crippen LogP contribution is 2.34. The number of pyridine rings is 1. The van der Waals surface area contributed by atoms with Crippen molar-refractivity contribution in [2.75, 3.05) is 10.6 Å². The van der Waals surface area contributed by atoms with Gasteiger partial charge in [-0.15, -0.1) is 0 Å². The van der Waals surface area contributed by atoms with Crippen LogP contribution in [-0.2, 0) is 4.79 Å². The summed E-state index contributed by atoms with van der Waals surface area (Å²) in [5.74, 6) is 0.167. The molecular formula is C12H14ClN3O. The van der Waals surface area contributed by atoms with Crippen molar-refractivity contribution < 1.29 is 4.79 Å².